The van der Waals surface area contributed by atoms with Crippen molar-refractivity contribution >= 4 is 18.6 Å². The summed E-state index contributed by atoms with van der Waals surface area (Å²) in [7, 11) is 1.75. The van der Waals surface area contributed by atoms with E-state index in [1.807, 2.05) is 13.8 Å². The molecule has 0 aliphatic heterocycles. The fraction of sp³-hybridized carbons (Fsp3) is 0.273. The van der Waals surface area contributed by atoms with Gasteiger partial charge in [-0.3, -0.25) is 0 Å². The molecular weight excluding hydrogens is 445 g/mol. The van der Waals surface area contributed by atoms with Gasteiger partial charge in [0.15, 0.2) is 6.61 Å². The number of alkyl halides is 3. The number of hydrogen-bond acceptors (Lipinski definition) is 6. The number of nitrogens with one attached hydrogen (secondary N) is 1. The quantitative estimate of drug-likeness (QED) is 0.435. The highest BCUT2D eigenvalue weighted by Crippen LogP contribution is 2.36. The first-order chi connectivity index (χ1) is 15.0. The number of carboxylic acids is 1. The molecule has 0 bridgehead atoms. The van der Waals surface area contributed by atoms with E-state index in [2.05, 4.69) is 23.1 Å². The molecule has 10 heteroatoms. The van der Waals surface area contributed by atoms with Gasteiger partial charge in [-0.15, -0.1) is 12.6 Å². The molecule has 172 valence electrons. The van der Waals surface area contributed by atoms with Crippen LogP contribution < -0.4 is 10.1 Å². The number of aromatic nitrogens is 1. The topological polar surface area (TPSA) is 84.6 Å². The van der Waals surface area contributed by atoms with E-state index in [1.54, 1.807) is 25.2 Å². The van der Waals surface area contributed by atoms with Gasteiger partial charge in [0, 0.05) is 12.1 Å². The van der Waals surface area contributed by atoms with E-state index in [0.717, 1.165) is 34.0 Å². The van der Waals surface area contributed by atoms with Crippen LogP contribution in [0.3, 0.4) is 0 Å². The second kappa shape index (κ2) is 11.1. The van der Waals surface area contributed by atoms with Gasteiger partial charge in [-0.05, 0) is 56.3 Å². The molecule has 0 fully saturated rings. The van der Waals surface area contributed by atoms with Crippen LogP contribution in [0.15, 0.2) is 51.9 Å². The molecular formula is C22H23F3N2O4S. The molecule has 6 nitrogen and oxygen atoms in total. The lowest BCUT2D eigenvalue weighted by atomic mass is 9.99. The van der Waals surface area contributed by atoms with Crippen LogP contribution >= 0.6 is 12.6 Å². The third-order valence-corrected chi connectivity index (χ3v) is 4.91. The summed E-state index contributed by atoms with van der Waals surface area (Å²) in [5.41, 5.74) is 1.64. The summed E-state index contributed by atoms with van der Waals surface area (Å²) in [5, 5.41) is 15.4. The Morgan fingerprint density at radius 1 is 1.22 bits per heavy atom. The SMILES string of the molecule is CNCc1ccc(OCC(=O)O)c(-c2cccc(C(F)(F)F)c2)c1.Cc1noc(C)c1S. The largest absolute Gasteiger partial charge is 0.481 e. The van der Waals surface area contributed by atoms with E-state index in [0.29, 0.717) is 17.7 Å². The second-order valence-electron chi connectivity index (χ2n) is 6.79. The van der Waals surface area contributed by atoms with Gasteiger partial charge in [0.2, 0.25) is 0 Å². The molecule has 0 saturated heterocycles. The van der Waals surface area contributed by atoms with Crippen molar-refractivity contribution in [3.8, 4) is 16.9 Å². The molecule has 3 rings (SSSR count). The predicted molar refractivity (Wildman–Crippen MR) is 116 cm³/mol. The maximum Gasteiger partial charge on any atom is 0.416 e. The normalized spacial score (nSPS) is 11.0. The fourth-order valence-electron chi connectivity index (χ4n) is 2.72. The molecule has 2 N–H and O–H groups in total. The van der Waals surface area contributed by atoms with Crippen molar-refractivity contribution < 1.29 is 32.3 Å². The maximum atomic E-state index is 12.9. The summed E-state index contributed by atoms with van der Waals surface area (Å²) < 4.78 is 48.7. The van der Waals surface area contributed by atoms with Gasteiger partial charge in [0.25, 0.3) is 0 Å². The number of nitrogens with zero attached hydrogens (tertiary/aromatic N) is 1. The minimum absolute atomic E-state index is 0.219. The molecule has 0 aliphatic carbocycles. The number of thiol groups is 1. The first kappa shape index (κ1) is 25.3. The minimum Gasteiger partial charge on any atom is -0.481 e. The molecule has 0 spiro atoms. The average Bonchev–Trinajstić information content (AvgIpc) is 3.04. The molecule has 32 heavy (non-hydrogen) atoms. The van der Waals surface area contributed by atoms with E-state index in [-0.39, 0.29) is 5.75 Å². The molecule has 0 saturated carbocycles. The van der Waals surface area contributed by atoms with E-state index in [9.17, 15) is 18.0 Å². The standard InChI is InChI=1S/C17H16F3NO3.C5H7NOS/c1-21-9-11-5-6-15(24-10-16(22)23)14(7-11)12-3-2-4-13(8-12)17(18,19)20;1-3-5(8)4(2)7-6-3/h2-8,21H,9-10H2,1H3,(H,22,23);8H,1-2H3. The third kappa shape index (κ3) is 7.03. The minimum atomic E-state index is -4.46. The lowest BCUT2D eigenvalue weighted by Gasteiger charge is -2.14. The lowest BCUT2D eigenvalue weighted by Crippen LogP contribution is -2.11. The Morgan fingerprint density at radius 2 is 1.94 bits per heavy atom. The number of hydrogen-bond donors (Lipinski definition) is 3. The van der Waals surface area contributed by atoms with Crippen molar-refractivity contribution in [2.24, 2.45) is 0 Å². The summed E-state index contributed by atoms with van der Waals surface area (Å²) in [6.07, 6.45) is -4.46. The van der Waals surface area contributed by atoms with E-state index < -0.39 is 24.3 Å². The highest BCUT2D eigenvalue weighted by atomic mass is 32.1. The van der Waals surface area contributed by atoms with Crippen molar-refractivity contribution in [1.29, 1.82) is 0 Å². The van der Waals surface area contributed by atoms with Gasteiger partial charge in [-0.25, -0.2) is 4.79 Å². The molecule has 0 amide bonds. The van der Waals surface area contributed by atoms with Gasteiger partial charge in [-0.2, -0.15) is 13.2 Å². The predicted octanol–water partition coefficient (Wildman–Crippen LogP) is 5.14. The number of ether oxygens (including phenoxy) is 1. The van der Waals surface area contributed by atoms with Crippen LogP contribution in [-0.2, 0) is 17.5 Å². The van der Waals surface area contributed by atoms with Crippen molar-refractivity contribution in [3.63, 3.8) is 0 Å². The van der Waals surface area contributed by atoms with Crippen LogP contribution in [0.2, 0.25) is 0 Å². The van der Waals surface area contributed by atoms with Gasteiger partial charge in [0.05, 0.1) is 16.2 Å². The Kier molecular flexibility index (Phi) is 8.73. The van der Waals surface area contributed by atoms with Crippen molar-refractivity contribution in [2.75, 3.05) is 13.7 Å². The molecule has 0 atom stereocenters. The molecule has 1 heterocycles. The van der Waals surface area contributed by atoms with E-state index in [1.165, 1.54) is 12.1 Å². The molecule has 1 aromatic heterocycles. The molecule has 3 aromatic rings. The van der Waals surface area contributed by atoms with Gasteiger partial charge in [0.1, 0.15) is 11.5 Å². The van der Waals surface area contributed by atoms with Gasteiger partial charge >= 0.3 is 12.1 Å². The average molecular weight is 468 g/mol. The van der Waals surface area contributed by atoms with Crippen LogP contribution in [0.1, 0.15) is 22.6 Å². The number of carbonyl (C=O) groups is 1. The number of rotatable bonds is 6. The Balaban J connectivity index is 0.000000380. The summed E-state index contributed by atoms with van der Waals surface area (Å²) >= 11 is 4.11. The van der Waals surface area contributed by atoms with Crippen molar-refractivity contribution in [3.05, 3.63) is 65.0 Å². The monoisotopic (exact) mass is 468 g/mol. The highest BCUT2D eigenvalue weighted by molar-refractivity contribution is 7.80. The third-order valence-electron chi connectivity index (χ3n) is 4.27. The van der Waals surface area contributed by atoms with Gasteiger partial charge < -0.3 is 19.7 Å². The summed E-state index contributed by atoms with van der Waals surface area (Å²) in [6, 6.07) is 9.81. The zero-order valence-electron chi connectivity index (χ0n) is 17.7. The Bertz CT molecular complexity index is 1050. The fourth-order valence-corrected chi connectivity index (χ4v) is 2.81. The van der Waals surface area contributed by atoms with Crippen LogP contribution in [0.25, 0.3) is 11.1 Å². The summed E-state index contributed by atoms with van der Waals surface area (Å²) in [5.74, 6) is -0.160. The first-order valence-corrected chi connectivity index (χ1v) is 9.89. The summed E-state index contributed by atoms with van der Waals surface area (Å²) in [4.78, 5) is 11.5. The molecule has 2 aromatic carbocycles. The first-order valence-electron chi connectivity index (χ1n) is 9.44. The smallest absolute Gasteiger partial charge is 0.416 e. The van der Waals surface area contributed by atoms with Crippen LogP contribution in [0.5, 0.6) is 5.75 Å². The highest BCUT2D eigenvalue weighted by Gasteiger charge is 2.30. The second-order valence-corrected chi connectivity index (χ2v) is 7.24. The zero-order valence-corrected chi connectivity index (χ0v) is 18.6. The van der Waals surface area contributed by atoms with Crippen LogP contribution in [0, 0.1) is 13.8 Å². The van der Waals surface area contributed by atoms with E-state index >= 15 is 0 Å². The molecule has 0 unspecified atom stereocenters. The number of aryl methyl sites for hydroxylation is 2. The molecule has 0 aliphatic rings. The Labute approximate surface area is 188 Å². The van der Waals surface area contributed by atoms with Crippen LogP contribution in [-0.4, -0.2) is 29.9 Å². The summed E-state index contributed by atoms with van der Waals surface area (Å²) in [6.45, 7) is 3.64. The Morgan fingerprint density at radius 3 is 2.44 bits per heavy atom. The molecule has 0 radical (unpaired) electrons. The zero-order chi connectivity index (χ0) is 23.9. The van der Waals surface area contributed by atoms with Crippen LogP contribution in [0.4, 0.5) is 13.2 Å². The number of aliphatic carboxylic acids is 1. The van der Waals surface area contributed by atoms with Crippen molar-refractivity contribution in [1.82, 2.24) is 10.5 Å². The number of halogens is 3. The lowest BCUT2D eigenvalue weighted by molar-refractivity contribution is -0.139. The Hall–Kier alpha value is -2.98. The maximum absolute atomic E-state index is 12.9. The number of benzene rings is 2. The van der Waals surface area contributed by atoms with Crippen molar-refractivity contribution in [2.45, 2.75) is 31.5 Å². The van der Waals surface area contributed by atoms with E-state index in [4.69, 9.17) is 14.4 Å². The number of carboxylic acid groups (broad SMARTS) is 1. The van der Waals surface area contributed by atoms with Gasteiger partial charge in [-0.1, -0.05) is 23.4 Å².